The molecule has 2 aromatic carbocycles. The topological polar surface area (TPSA) is 73.6 Å². The van der Waals surface area contributed by atoms with Crippen molar-refractivity contribution in [1.29, 1.82) is 0 Å². The van der Waals surface area contributed by atoms with E-state index in [9.17, 15) is 4.79 Å². The van der Waals surface area contributed by atoms with Crippen LogP contribution in [-0.2, 0) is 0 Å². The molecule has 108 valence electrons. The summed E-state index contributed by atoms with van der Waals surface area (Å²) in [7, 11) is 0. The van der Waals surface area contributed by atoms with Crippen molar-refractivity contribution in [2.75, 3.05) is 24.3 Å². The largest absolute Gasteiger partial charge is 0.486 e. The molecule has 0 bridgehead atoms. The van der Waals surface area contributed by atoms with Crippen LogP contribution in [0.2, 0.25) is 0 Å². The fourth-order valence-electron chi connectivity index (χ4n) is 2.01. The van der Waals surface area contributed by atoms with Crippen LogP contribution in [0.5, 0.6) is 11.5 Å². The van der Waals surface area contributed by atoms with Gasteiger partial charge in [0.1, 0.15) is 13.2 Å². The molecule has 0 spiro atoms. The number of carbonyl (C=O) groups is 1. The van der Waals surface area contributed by atoms with Gasteiger partial charge in [0.25, 0.3) is 5.91 Å². The van der Waals surface area contributed by atoms with Gasteiger partial charge in [0.2, 0.25) is 0 Å². The highest BCUT2D eigenvalue weighted by Crippen LogP contribution is 2.32. The van der Waals surface area contributed by atoms with E-state index >= 15 is 0 Å². The first kappa shape index (κ1) is 13.8. The Hall–Kier alpha value is -2.21. The first-order valence-electron chi connectivity index (χ1n) is 6.39. The number of rotatable bonds is 2. The van der Waals surface area contributed by atoms with E-state index in [4.69, 9.17) is 15.2 Å². The Balaban J connectivity index is 1.79. The average Bonchev–Trinajstić information content (AvgIpc) is 2.50. The number of hydrogen-bond acceptors (Lipinski definition) is 4. The van der Waals surface area contributed by atoms with E-state index in [0.29, 0.717) is 41.7 Å². The molecule has 1 aliphatic rings. The summed E-state index contributed by atoms with van der Waals surface area (Å²) in [6.07, 6.45) is 0. The van der Waals surface area contributed by atoms with Gasteiger partial charge in [0.05, 0.1) is 0 Å². The van der Waals surface area contributed by atoms with E-state index in [1.807, 2.05) is 0 Å². The second-order valence-corrected chi connectivity index (χ2v) is 5.40. The van der Waals surface area contributed by atoms with Crippen molar-refractivity contribution in [3.63, 3.8) is 0 Å². The molecule has 0 fully saturated rings. The number of halogens is 1. The normalized spacial score (nSPS) is 12.8. The number of benzene rings is 2. The van der Waals surface area contributed by atoms with Crippen LogP contribution in [0.15, 0.2) is 40.9 Å². The summed E-state index contributed by atoms with van der Waals surface area (Å²) in [5.74, 6) is 1.09. The molecule has 21 heavy (non-hydrogen) atoms. The van der Waals surface area contributed by atoms with E-state index in [2.05, 4.69) is 21.2 Å². The summed E-state index contributed by atoms with van der Waals surface area (Å²) in [5, 5.41) is 2.81. The number of hydrogen-bond donors (Lipinski definition) is 2. The molecular formula is C15H13BrN2O3. The lowest BCUT2D eigenvalue weighted by molar-refractivity contribution is 0.102. The maximum Gasteiger partial charge on any atom is 0.255 e. The Kier molecular flexibility index (Phi) is 3.70. The third kappa shape index (κ3) is 2.95. The van der Waals surface area contributed by atoms with Gasteiger partial charge in [-0.25, -0.2) is 0 Å². The summed E-state index contributed by atoms with van der Waals surface area (Å²) in [5.41, 5.74) is 7.43. The predicted octanol–water partition coefficient (Wildman–Crippen LogP) is 3.05. The molecule has 0 unspecified atom stereocenters. The van der Waals surface area contributed by atoms with Crippen LogP contribution in [0, 0.1) is 0 Å². The molecule has 0 aromatic heterocycles. The number of anilines is 2. The van der Waals surface area contributed by atoms with Crippen molar-refractivity contribution in [3.05, 3.63) is 46.4 Å². The van der Waals surface area contributed by atoms with Crippen LogP contribution >= 0.6 is 15.9 Å². The number of nitrogens with one attached hydrogen (secondary N) is 1. The molecule has 2 aromatic rings. The molecule has 3 rings (SSSR count). The van der Waals surface area contributed by atoms with Gasteiger partial charge in [-0.1, -0.05) is 0 Å². The molecule has 1 heterocycles. The zero-order valence-corrected chi connectivity index (χ0v) is 12.6. The Bertz CT molecular complexity index is 703. The van der Waals surface area contributed by atoms with Crippen molar-refractivity contribution in [1.82, 2.24) is 0 Å². The van der Waals surface area contributed by atoms with Gasteiger partial charge in [-0.15, -0.1) is 0 Å². The van der Waals surface area contributed by atoms with Crippen LogP contribution in [0.4, 0.5) is 11.4 Å². The van der Waals surface area contributed by atoms with E-state index in [0.717, 1.165) is 4.47 Å². The van der Waals surface area contributed by atoms with Gasteiger partial charge in [0, 0.05) is 27.5 Å². The van der Waals surface area contributed by atoms with Gasteiger partial charge in [-0.3, -0.25) is 4.79 Å². The first-order chi connectivity index (χ1) is 10.1. The summed E-state index contributed by atoms with van der Waals surface area (Å²) >= 11 is 3.30. The van der Waals surface area contributed by atoms with E-state index in [1.165, 1.54) is 0 Å². The van der Waals surface area contributed by atoms with Gasteiger partial charge in [-0.2, -0.15) is 0 Å². The van der Waals surface area contributed by atoms with Crippen molar-refractivity contribution in [3.8, 4) is 11.5 Å². The first-order valence-corrected chi connectivity index (χ1v) is 7.19. The summed E-state index contributed by atoms with van der Waals surface area (Å²) in [6, 6.07) is 10.4. The second kappa shape index (κ2) is 5.65. The van der Waals surface area contributed by atoms with Crippen LogP contribution < -0.4 is 20.5 Å². The minimum Gasteiger partial charge on any atom is -0.486 e. The highest BCUT2D eigenvalue weighted by molar-refractivity contribution is 9.10. The molecule has 0 saturated carbocycles. The van der Waals surface area contributed by atoms with Crippen molar-refractivity contribution in [2.24, 2.45) is 0 Å². The molecule has 1 aliphatic heterocycles. The quantitative estimate of drug-likeness (QED) is 0.818. The molecule has 1 amide bonds. The smallest absolute Gasteiger partial charge is 0.255 e. The van der Waals surface area contributed by atoms with Gasteiger partial charge in [-0.05, 0) is 46.3 Å². The minimum absolute atomic E-state index is 0.231. The Morgan fingerprint density at radius 3 is 2.62 bits per heavy atom. The number of fused-ring (bicyclic) bond motifs is 1. The van der Waals surface area contributed by atoms with E-state index in [-0.39, 0.29) is 5.91 Å². The Morgan fingerprint density at radius 2 is 1.86 bits per heavy atom. The van der Waals surface area contributed by atoms with E-state index in [1.54, 1.807) is 36.4 Å². The van der Waals surface area contributed by atoms with Crippen LogP contribution in [0.25, 0.3) is 0 Å². The molecule has 6 heteroatoms. The molecule has 0 aliphatic carbocycles. The fraction of sp³-hybridized carbons (Fsp3) is 0.133. The maximum atomic E-state index is 12.2. The predicted molar refractivity (Wildman–Crippen MR) is 83.9 cm³/mol. The van der Waals surface area contributed by atoms with Crippen LogP contribution in [0.1, 0.15) is 10.4 Å². The van der Waals surface area contributed by atoms with Gasteiger partial charge >= 0.3 is 0 Å². The number of nitrogen functional groups attached to an aromatic ring is 1. The van der Waals surface area contributed by atoms with Crippen molar-refractivity contribution in [2.45, 2.75) is 0 Å². The summed E-state index contributed by atoms with van der Waals surface area (Å²) in [4.78, 5) is 12.2. The summed E-state index contributed by atoms with van der Waals surface area (Å²) in [6.45, 7) is 1.05. The van der Waals surface area contributed by atoms with E-state index < -0.39 is 0 Å². The summed E-state index contributed by atoms with van der Waals surface area (Å²) < 4.78 is 11.7. The molecule has 5 nitrogen and oxygen atoms in total. The highest BCUT2D eigenvalue weighted by Gasteiger charge is 2.13. The number of ether oxygens (including phenoxy) is 2. The molecule has 0 atom stereocenters. The number of amides is 1. The molecule has 0 radical (unpaired) electrons. The minimum atomic E-state index is -0.231. The molecule has 0 saturated heterocycles. The van der Waals surface area contributed by atoms with Gasteiger partial charge in [0.15, 0.2) is 11.5 Å². The number of nitrogens with two attached hydrogens (primary N) is 1. The van der Waals surface area contributed by atoms with Gasteiger partial charge < -0.3 is 20.5 Å². The lowest BCUT2D eigenvalue weighted by Gasteiger charge is -2.19. The average molecular weight is 349 g/mol. The molecule has 3 N–H and O–H groups in total. The third-order valence-electron chi connectivity index (χ3n) is 3.06. The standard InChI is InChI=1S/C15H13BrN2O3/c16-11-3-1-9(7-12(11)17)15(19)18-10-2-4-13-14(8-10)21-6-5-20-13/h1-4,7-8H,5-6,17H2,(H,18,19). The zero-order chi connectivity index (χ0) is 14.8. The Labute approximate surface area is 130 Å². The lowest BCUT2D eigenvalue weighted by atomic mass is 10.2. The Morgan fingerprint density at radius 1 is 1.10 bits per heavy atom. The zero-order valence-electron chi connectivity index (χ0n) is 11.1. The lowest BCUT2D eigenvalue weighted by Crippen LogP contribution is -2.16. The monoisotopic (exact) mass is 348 g/mol. The molecular weight excluding hydrogens is 336 g/mol. The maximum absolute atomic E-state index is 12.2. The SMILES string of the molecule is Nc1cc(C(=O)Nc2ccc3c(c2)OCCO3)ccc1Br. The van der Waals surface area contributed by atoms with Crippen LogP contribution in [0.3, 0.4) is 0 Å². The number of carbonyl (C=O) groups excluding carboxylic acids is 1. The fourth-order valence-corrected chi connectivity index (χ4v) is 2.26. The van der Waals surface area contributed by atoms with Crippen molar-refractivity contribution < 1.29 is 14.3 Å². The second-order valence-electron chi connectivity index (χ2n) is 4.55. The highest BCUT2D eigenvalue weighted by atomic mass is 79.9. The third-order valence-corrected chi connectivity index (χ3v) is 3.78. The van der Waals surface area contributed by atoms with Crippen molar-refractivity contribution >= 4 is 33.2 Å². The van der Waals surface area contributed by atoms with Crippen LogP contribution in [-0.4, -0.2) is 19.1 Å².